The van der Waals surface area contributed by atoms with Crippen molar-refractivity contribution in [3.63, 3.8) is 0 Å². The highest BCUT2D eigenvalue weighted by Gasteiger charge is 2.35. The third-order valence-corrected chi connectivity index (χ3v) is 9.92. The lowest BCUT2D eigenvalue weighted by Crippen LogP contribution is -2.40. The number of thiazole rings is 1. The number of halogens is 2. The Morgan fingerprint density at radius 2 is 1.80 bits per heavy atom. The second-order valence-electron chi connectivity index (χ2n) is 11.7. The van der Waals surface area contributed by atoms with Gasteiger partial charge in [-0.05, 0) is 81.4 Å². The topological polar surface area (TPSA) is 79.1 Å². The summed E-state index contributed by atoms with van der Waals surface area (Å²) in [5.41, 5.74) is 4.85. The second-order valence-corrected chi connectivity index (χ2v) is 14.0. The number of fused-ring (bicyclic) bond motifs is 1. The molecule has 2 heterocycles. The predicted molar refractivity (Wildman–Crippen MR) is 198 cm³/mol. The summed E-state index contributed by atoms with van der Waals surface area (Å²) in [7, 11) is 1.57. The number of nitrogens with zero attached hydrogens (tertiary/aromatic N) is 2. The van der Waals surface area contributed by atoms with Gasteiger partial charge in [0.15, 0.2) is 16.3 Å². The minimum Gasteiger partial charge on any atom is -0.493 e. The molecule has 7 nitrogen and oxygen atoms in total. The van der Waals surface area contributed by atoms with Gasteiger partial charge in [0.2, 0.25) is 0 Å². The number of hydrogen-bond acceptors (Lipinski definition) is 7. The molecule has 0 bridgehead atoms. The van der Waals surface area contributed by atoms with Gasteiger partial charge < -0.3 is 14.2 Å². The molecular weight excluding hydrogens is 724 g/mol. The third kappa shape index (κ3) is 7.29. The minimum atomic E-state index is -0.752. The molecule has 0 radical (unpaired) electrons. The van der Waals surface area contributed by atoms with Crippen LogP contribution < -0.4 is 24.4 Å². The molecule has 0 aliphatic carbocycles. The van der Waals surface area contributed by atoms with E-state index in [0.29, 0.717) is 47.5 Å². The second kappa shape index (κ2) is 15.0. The van der Waals surface area contributed by atoms with Gasteiger partial charge in [-0.3, -0.25) is 9.36 Å². The van der Waals surface area contributed by atoms with Crippen molar-refractivity contribution in [3.05, 3.63) is 154 Å². The average molecular weight is 758 g/mol. The summed E-state index contributed by atoms with van der Waals surface area (Å²) in [6.45, 7) is 6.49. The van der Waals surface area contributed by atoms with Gasteiger partial charge in [0.05, 0.1) is 40.0 Å². The van der Waals surface area contributed by atoms with Crippen molar-refractivity contribution in [2.45, 2.75) is 39.3 Å². The molecule has 1 aliphatic rings. The molecule has 0 saturated carbocycles. The number of hydrogen-bond donors (Lipinski definition) is 0. The molecule has 49 heavy (non-hydrogen) atoms. The first-order valence-corrected chi connectivity index (χ1v) is 17.8. The number of carbonyl (C=O) groups excluding carboxylic acids is 1. The maximum atomic E-state index is 14.4. The van der Waals surface area contributed by atoms with Gasteiger partial charge in [0.1, 0.15) is 6.61 Å². The highest BCUT2D eigenvalue weighted by Crippen LogP contribution is 2.38. The molecule has 0 saturated heterocycles. The van der Waals surface area contributed by atoms with Crippen LogP contribution in [-0.4, -0.2) is 24.3 Å². The zero-order valence-corrected chi connectivity index (χ0v) is 30.6. The van der Waals surface area contributed by atoms with Gasteiger partial charge in [0, 0.05) is 10.6 Å². The molecule has 6 rings (SSSR count). The van der Waals surface area contributed by atoms with E-state index in [4.69, 9.17) is 30.8 Å². The molecule has 5 aromatic rings. The van der Waals surface area contributed by atoms with Crippen molar-refractivity contribution >= 4 is 56.6 Å². The third-order valence-electron chi connectivity index (χ3n) is 8.11. The summed E-state index contributed by atoms with van der Waals surface area (Å²) in [6, 6.07) is 28.0. The summed E-state index contributed by atoms with van der Waals surface area (Å²) in [5.74, 6) is 0.826. The van der Waals surface area contributed by atoms with Gasteiger partial charge in [-0.25, -0.2) is 9.79 Å². The molecule has 1 atom stereocenters. The van der Waals surface area contributed by atoms with Crippen LogP contribution in [0.5, 0.6) is 11.5 Å². The smallest absolute Gasteiger partial charge is 0.338 e. The first-order valence-electron chi connectivity index (χ1n) is 15.8. The summed E-state index contributed by atoms with van der Waals surface area (Å²) in [5, 5.41) is 0.629. The van der Waals surface area contributed by atoms with Crippen LogP contribution >= 0.6 is 38.9 Å². The van der Waals surface area contributed by atoms with Crippen LogP contribution in [0, 0.1) is 0 Å². The number of carbonyl (C=O) groups is 1. The van der Waals surface area contributed by atoms with E-state index < -0.39 is 12.0 Å². The molecule has 4 aromatic carbocycles. The van der Waals surface area contributed by atoms with Gasteiger partial charge in [-0.15, -0.1) is 0 Å². The highest BCUT2D eigenvalue weighted by atomic mass is 79.9. The van der Waals surface area contributed by atoms with Crippen LogP contribution in [0.3, 0.4) is 0 Å². The molecule has 0 fully saturated rings. The highest BCUT2D eigenvalue weighted by molar-refractivity contribution is 9.10. The fourth-order valence-corrected chi connectivity index (χ4v) is 7.50. The zero-order valence-electron chi connectivity index (χ0n) is 27.4. The van der Waals surface area contributed by atoms with E-state index in [1.165, 1.54) is 11.3 Å². The van der Waals surface area contributed by atoms with E-state index in [1.807, 2.05) is 91.0 Å². The Bertz CT molecular complexity index is 2230. The first kappa shape index (κ1) is 34.4. The van der Waals surface area contributed by atoms with Crippen molar-refractivity contribution in [1.29, 1.82) is 0 Å². The predicted octanol–water partition coefficient (Wildman–Crippen LogP) is 8.06. The fraction of sp³-hybridized carbons (Fsp3) is 0.205. The largest absolute Gasteiger partial charge is 0.493 e. The molecule has 1 aliphatic heterocycles. The van der Waals surface area contributed by atoms with E-state index in [-0.39, 0.29) is 18.8 Å². The molecule has 0 amide bonds. The van der Waals surface area contributed by atoms with E-state index in [1.54, 1.807) is 24.7 Å². The Labute approximate surface area is 301 Å². The molecule has 0 N–H and O–H groups in total. The quantitative estimate of drug-likeness (QED) is 0.135. The van der Waals surface area contributed by atoms with Crippen LogP contribution in [0.15, 0.2) is 111 Å². The fourth-order valence-electron chi connectivity index (χ4n) is 5.72. The van der Waals surface area contributed by atoms with Crippen LogP contribution in [0.25, 0.3) is 11.8 Å². The SMILES string of the molecule is CCOC(=O)C1=C(c2ccccc2)N=c2s/c(=C\c3cc(Br)c(OCc4cccc(Cl)c4)c(OC)c3)c(=O)n2[C@@H]1c1ccc(C(C)C)cc1. The van der Waals surface area contributed by atoms with Crippen molar-refractivity contribution in [2.75, 3.05) is 13.7 Å². The standard InChI is InChI=1S/C39H34BrClN2O5S/c1-5-47-38(45)33-34(27-11-7-6-8-12-27)42-39-43(35(33)28-16-14-26(15-17-28)23(2)3)37(44)32(49-39)21-25-19-30(40)36(31(20-25)46-4)48-22-24-10-9-13-29(41)18-24/h6-21,23,35H,5,22H2,1-4H3/b32-21-/t35-/m1/s1. The normalized spacial score (nSPS) is 14.4. The number of rotatable bonds is 10. The Morgan fingerprint density at radius 1 is 1.04 bits per heavy atom. The molecule has 0 spiro atoms. The number of aromatic nitrogens is 1. The van der Waals surface area contributed by atoms with E-state index in [2.05, 4.69) is 29.8 Å². The van der Waals surface area contributed by atoms with Crippen molar-refractivity contribution in [2.24, 2.45) is 4.99 Å². The number of ether oxygens (including phenoxy) is 3. The molecule has 10 heteroatoms. The Kier molecular flexibility index (Phi) is 10.5. The summed E-state index contributed by atoms with van der Waals surface area (Å²) < 4.78 is 20.1. The van der Waals surface area contributed by atoms with Gasteiger partial charge >= 0.3 is 5.97 Å². The van der Waals surface area contributed by atoms with Crippen molar-refractivity contribution < 1.29 is 19.0 Å². The molecule has 0 unspecified atom stereocenters. The van der Waals surface area contributed by atoms with Gasteiger partial charge in [0.25, 0.3) is 5.56 Å². The van der Waals surface area contributed by atoms with E-state index in [9.17, 15) is 9.59 Å². The van der Waals surface area contributed by atoms with Gasteiger partial charge in [-0.2, -0.15) is 0 Å². The lowest BCUT2D eigenvalue weighted by molar-refractivity contribution is -0.138. The van der Waals surface area contributed by atoms with Crippen LogP contribution in [-0.2, 0) is 16.1 Å². The maximum Gasteiger partial charge on any atom is 0.338 e. The van der Waals surface area contributed by atoms with Crippen molar-refractivity contribution in [3.8, 4) is 11.5 Å². The average Bonchev–Trinajstić information content (AvgIpc) is 3.41. The minimum absolute atomic E-state index is 0.184. The van der Waals surface area contributed by atoms with Crippen LogP contribution in [0.4, 0.5) is 0 Å². The molecular formula is C39H34BrClN2O5S. The summed E-state index contributed by atoms with van der Waals surface area (Å²) in [4.78, 5) is 33.6. The van der Waals surface area contributed by atoms with Crippen molar-refractivity contribution in [1.82, 2.24) is 4.57 Å². The number of methoxy groups -OCH3 is 1. The monoisotopic (exact) mass is 756 g/mol. The maximum absolute atomic E-state index is 14.4. The lowest BCUT2D eigenvalue weighted by Gasteiger charge is -2.26. The van der Waals surface area contributed by atoms with E-state index >= 15 is 0 Å². The van der Waals surface area contributed by atoms with E-state index in [0.717, 1.165) is 27.8 Å². The lowest BCUT2D eigenvalue weighted by atomic mass is 9.91. The first-order chi connectivity index (χ1) is 23.7. The Balaban J connectivity index is 1.49. The Hall–Kier alpha value is -4.44. The Morgan fingerprint density at radius 3 is 2.47 bits per heavy atom. The van der Waals surface area contributed by atoms with Crippen LogP contribution in [0.1, 0.15) is 60.5 Å². The summed E-state index contributed by atoms with van der Waals surface area (Å²) in [6.07, 6.45) is 1.80. The van der Waals surface area contributed by atoms with Crippen LogP contribution in [0.2, 0.25) is 5.02 Å². The summed E-state index contributed by atoms with van der Waals surface area (Å²) >= 11 is 11.1. The van der Waals surface area contributed by atoms with Gasteiger partial charge in [-0.1, -0.05) is 104 Å². The number of esters is 1. The zero-order chi connectivity index (χ0) is 34.7. The number of benzene rings is 4. The molecule has 1 aromatic heterocycles. The molecule has 250 valence electrons.